The van der Waals surface area contributed by atoms with Crippen molar-refractivity contribution in [2.75, 3.05) is 11.9 Å². The summed E-state index contributed by atoms with van der Waals surface area (Å²) in [6, 6.07) is 9.98. The molecule has 0 saturated heterocycles. The van der Waals surface area contributed by atoms with Gasteiger partial charge in [-0.25, -0.2) is 13.6 Å². The summed E-state index contributed by atoms with van der Waals surface area (Å²) >= 11 is 0. The van der Waals surface area contributed by atoms with Crippen LogP contribution >= 0.6 is 0 Å². The van der Waals surface area contributed by atoms with Crippen molar-refractivity contribution in [2.24, 2.45) is 0 Å². The average molecular weight is 391 g/mol. The van der Waals surface area contributed by atoms with E-state index in [1.807, 2.05) is 12.1 Å². The van der Waals surface area contributed by atoms with Crippen LogP contribution in [-0.2, 0) is 19.7 Å². The molecule has 0 unspecified atom stereocenters. The lowest BCUT2D eigenvalue weighted by Gasteiger charge is -2.20. The Morgan fingerprint density at radius 2 is 1.71 bits per heavy atom. The summed E-state index contributed by atoms with van der Waals surface area (Å²) in [6.45, 7) is 7.10. The van der Waals surface area contributed by atoms with Crippen LogP contribution in [0.5, 0.6) is 5.75 Å². The molecule has 0 aliphatic carbocycles. The zero-order chi connectivity index (χ0) is 20.9. The van der Waals surface area contributed by atoms with Crippen molar-refractivity contribution in [3.63, 3.8) is 0 Å². The Balaban J connectivity index is 1.85. The quantitative estimate of drug-likeness (QED) is 0.749. The minimum atomic E-state index is -0.945. The third kappa shape index (κ3) is 6.04. The monoisotopic (exact) mass is 391 g/mol. The highest BCUT2D eigenvalue weighted by Crippen LogP contribution is 2.24. The second-order valence-electron chi connectivity index (χ2n) is 7.31. The lowest BCUT2D eigenvalue weighted by Crippen LogP contribution is -2.30. The highest BCUT2D eigenvalue weighted by molar-refractivity contribution is 5.93. The Kier molecular flexibility index (Phi) is 6.72. The van der Waals surface area contributed by atoms with Crippen molar-refractivity contribution in [1.82, 2.24) is 0 Å². The number of hydrogen-bond acceptors (Lipinski definition) is 4. The molecule has 1 N–H and O–H groups in total. The largest absolute Gasteiger partial charge is 0.479 e. The zero-order valence-electron chi connectivity index (χ0n) is 16.2. The molecule has 7 heteroatoms. The molecule has 1 amide bonds. The van der Waals surface area contributed by atoms with E-state index in [2.05, 4.69) is 26.1 Å². The lowest BCUT2D eigenvalue weighted by molar-refractivity contribution is -0.153. The Morgan fingerprint density at radius 1 is 1.07 bits per heavy atom. The van der Waals surface area contributed by atoms with Gasteiger partial charge in [-0.15, -0.1) is 0 Å². The second-order valence-corrected chi connectivity index (χ2v) is 7.31. The summed E-state index contributed by atoms with van der Waals surface area (Å²) in [7, 11) is 0. The van der Waals surface area contributed by atoms with E-state index in [0.29, 0.717) is 5.75 Å². The van der Waals surface area contributed by atoms with Gasteiger partial charge in [-0.2, -0.15) is 0 Å². The van der Waals surface area contributed by atoms with Gasteiger partial charge < -0.3 is 14.8 Å². The first-order valence-corrected chi connectivity index (χ1v) is 8.75. The molecule has 2 aromatic rings. The number of halogens is 2. The van der Waals surface area contributed by atoms with Gasteiger partial charge in [0.25, 0.3) is 5.91 Å². The summed E-state index contributed by atoms with van der Waals surface area (Å²) in [5.74, 6) is -2.55. The summed E-state index contributed by atoms with van der Waals surface area (Å²) < 4.78 is 37.0. The SMILES string of the molecule is C[C@@H](Oc1ccc(C(C)(C)C)cc1)C(=O)OCC(=O)Nc1cc(F)ccc1F. The Hall–Kier alpha value is -2.96. The molecule has 2 rings (SSSR count). The number of rotatable bonds is 6. The van der Waals surface area contributed by atoms with Crippen LogP contribution in [-0.4, -0.2) is 24.6 Å². The fourth-order valence-electron chi connectivity index (χ4n) is 2.32. The average Bonchev–Trinajstić information content (AvgIpc) is 2.62. The number of esters is 1. The molecule has 0 saturated carbocycles. The fourth-order valence-corrected chi connectivity index (χ4v) is 2.32. The molecule has 0 aromatic heterocycles. The van der Waals surface area contributed by atoms with Gasteiger partial charge in [0.2, 0.25) is 0 Å². The van der Waals surface area contributed by atoms with Crippen molar-refractivity contribution >= 4 is 17.6 Å². The normalized spacial score (nSPS) is 12.2. The number of benzene rings is 2. The number of ether oxygens (including phenoxy) is 2. The summed E-state index contributed by atoms with van der Waals surface area (Å²) in [5, 5.41) is 2.14. The maximum atomic E-state index is 13.5. The smallest absolute Gasteiger partial charge is 0.347 e. The molecule has 0 radical (unpaired) electrons. The first-order chi connectivity index (χ1) is 13.1. The second kappa shape index (κ2) is 8.82. The number of anilines is 1. The van der Waals surface area contributed by atoms with E-state index >= 15 is 0 Å². The number of carbonyl (C=O) groups excluding carboxylic acids is 2. The van der Waals surface area contributed by atoms with Crippen molar-refractivity contribution in [3.05, 3.63) is 59.7 Å². The predicted octanol–water partition coefficient (Wildman–Crippen LogP) is 4.21. The van der Waals surface area contributed by atoms with E-state index in [1.54, 1.807) is 12.1 Å². The van der Waals surface area contributed by atoms with E-state index in [1.165, 1.54) is 6.92 Å². The molecular weight excluding hydrogens is 368 g/mol. The van der Waals surface area contributed by atoms with Crippen molar-refractivity contribution in [2.45, 2.75) is 39.2 Å². The summed E-state index contributed by atoms with van der Waals surface area (Å²) in [6.07, 6.45) is -0.945. The standard InChI is InChI=1S/C21H23F2NO4/c1-13(28-16-8-5-14(6-9-16)21(2,3)4)20(26)27-12-19(25)24-18-11-15(22)7-10-17(18)23/h5-11,13H,12H2,1-4H3,(H,24,25)/t13-/m1/s1. The topological polar surface area (TPSA) is 64.6 Å². The molecule has 0 aliphatic heterocycles. The van der Waals surface area contributed by atoms with E-state index in [9.17, 15) is 18.4 Å². The van der Waals surface area contributed by atoms with Crippen LogP contribution in [0.15, 0.2) is 42.5 Å². The molecule has 0 bridgehead atoms. The van der Waals surface area contributed by atoms with Crippen LogP contribution in [0.4, 0.5) is 14.5 Å². The van der Waals surface area contributed by atoms with Crippen molar-refractivity contribution in [3.8, 4) is 5.75 Å². The van der Waals surface area contributed by atoms with Gasteiger partial charge in [-0.05, 0) is 42.2 Å². The molecular formula is C21H23F2NO4. The number of carbonyl (C=O) groups is 2. The molecule has 2 aromatic carbocycles. The van der Waals surface area contributed by atoms with Crippen LogP contribution in [0.2, 0.25) is 0 Å². The molecule has 0 heterocycles. The van der Waals surface area contributed by atoms with Gasteiger partial charge in [-0.3, -0.25) is 4.79 Å². The highest BCUT2D eigenvalue weighted by Gasteiger charge is 2.19. The zero-order valence-corrected chi connectivity index (χ0v) is 16.2. The predicted molar refractivity (Wildman–Crippen MR) is 101 cm³/mol. The molecule has 150 valence electrons. The van der Waals surface area contributed by atoms with E-state index in [4.69, 9.17) is 9.47 Å². The summed E-state index contributed by atoms with van der Waals surface area (Å²) in [4.78, 5) is 23.8. The minimum Gasteiger partial charge on any atom is -0.479 e. The van der Waals surface area contributed by atoms with Gasteiger partial charge in [0, 0.05) is 6.07 Å². The van der Waals surface area contributed by atoms with Crippen molar-refractivity contribution < 1.29 is 27.8 Å². The first-order valence-electron chi connectivity index (χ1n) is 8.75. The number of nitrogens with one attached hydrogen (secondary N) is 1. The van der Waals surface area contributed by atoms with Crippen LogP contribution in [0.3, 0.4) is 0 Å². The molecule has 0 aliphatic rings. The number of hydrogen-bond donors (Lipinski definition) is 1. The third-order valence-electron chi connectivity index (χ3n) is 3.91. The van der Waals surface area contributed by atoms with E-state index in [-0.39, 0.29) is 11.1 Å². The van der Waals surface area contributed by atoms with Crippen LogP contribution in [0.25, 0.3) is 0 Å². The Labute approximate surface area is 162 Å². The summed E-state index contributed by atoms with van der Waals surface area (Å²) in [5.41, 5.74) is 0.790. The molecule has 0 spiro atoms. The lowest BCUT2D eigenvalue weighted by atomic mass is 9.87. The van der Waals surface area contributed by atoms with E-state index in [0.717, 1.165) is 23.8 Å². The van der Waals surface area contributed by atoms with Gasteiger partial charge in [0.1, 0.15) is 17.4 Å². The minimum absolute atomic E-state index is 0.00240. The van der Waals surface area contributed by atoms with Gasteiger partial charge in [0.15, 0.2) is 12.7 Å². The van der Waals surface area contributed by atoms with E-state index < -0.39 is 36.2 Å². The molecule has 0 fully saturated rings. The first kappa shape index (κ1) is 21.3. The van der Waals surface area contributed by atoms with Crippen LogP contribution in [0.1, 0.15) is 33.3 Å². The molecule has 1 atom stereocenters. The maximum Gasteiger partial charge on any atom is 0.347 e. The highest BCUT2D eigenvalue weighted by atomic mass is 19.1. The Bertz CT molecular complexity index is 844. The van der Waals surface area contributed by atoms with Crippen LogP contribution < -0.4 is 10.1 Å². The molecule has 5 nitrogen and oxygen atoms in total. The maximum absolute atomic E-state index is 13.5. The Morgan fingerprint density at radius 3 is 2.32 bits per heavy atom. The number of amides is 1. The van der Waals surface area contributed by atoms with Crippen molar-refractivity contribution in [1.29, 1.82) is 0 Å². The van der Waals surface area contributed by atoms with Gasteiger partial charge >= 0.3 is 5.97 Å². The van der Waals surface area contributed by atoms with Gasteiger partial charge in [0.05, 0.1) is 5.69 Å². The fraction of sp³-hybridized carbons (Fsp3) is 0.333. The molecule has 28 heavy (non-hydrogen) atoms. The van der Waals surface area contributed by atoms with Crippen LogP contribution in [0, 0.1) is 11.6 Å². The van der Waals surface area contributed by atoms with Gasteiger partial charge in [-0.1, -0.05) is 32.9 Å². The third-order valence-corrected chi connectivity index (χ3v) is 3.91.